The predicted molar refractivity (Wildman–Crippen MR) is 80.9 cm³/mol. The van der Waals surface area contributed by atoms with Crippen molar-refractivity contribution in [3.05, 3.63) is 29.8 Å². The predicted octanol–water partition coefficient (Wildman–Crippen LogP) is 2.60. The Kier molecular flexibility index (Phi) is 6.01. The smallest absolute Gasteiger partial charge is 0.118 e. The molecule has 1 heterocycles. The van der Waals surface area contributed by atoms with Gasteiger partial charge in [0, 0.05) is 24.4 Å². The standard InChI is InChI=1S/C15H23NO2S/c1-18-14-6-4-12(5-7-14)15(8-9-17)16-13-3-2-10-19-11-13/h4-7,13,15-17H,2-3,8-11H2,1H3/t13-,15+/m1/s1. The van der Waals surface area contributed by atoms with Crippen molar-refractivity contribution < 1.29 is 9.84 Å². The summed E-state index contributed by atoms with van der Waals surface area (Å²) in [5, 5.41) is 12.9. The maximum absolute atomic E-state index is 9.26. The lowest BCUT2D eigenvalue weighted by molar-refractivity contribution is 0.258. The van der Waals surface area contributed by atoms with Gasteiger partial charge in [-0.3, -0.25) is 0 Å². The molecule has 0 radical (unpaired) electrons. The molecule has 1 aliphatic heterocycles. The van der Waals surface area contributed by atoms with Gasteiger partial charge >= 0.3 is 0 Å². The number of hydrogen-bond donors (Lipinski definition) is 2. The third-order valence-corrected chi connectivity index (χ3v) is 4.75. The van der Waals surface area contributed by atoms with Crippen LogP contribution in [-0.2, 0) is 0 Å². The van der Waals surface area contributed by atoms with Gasteiger partial charge in [-0.2, -0.15) is 11.8 Å². The van der Waals surface area contributed by atoms with Crippen LogP contribution in [0.15, 0.2) is 24.3 Å². The normalized spacial score (nSPS) is 21.1. The summed E-state index contributed by atoms with van der Waals surface area (Å²) < 4.78 is 5.19. The summed E-state index contributed by atoms with van der Waals surface area (Å²) in [6.45, 7) is 0.212. The Balaban J connectivity index is 2.00. The largest absolute Gasteiger partial charge is 0.497 e. The minimum Gasteiger partial charge on any atom is -0.497 e. The molecule has 1 aromatic rings. The molecule has 1 saturated heterocycles. The molecule has 0 amide bonds. The molecular formula is C15H23NO2S. The molecule has 106 valence electrons. The van der Waals surface area contributed by atoms with Crippen molar-refractivity contribution in [3.63, 3.8) is 0 Å². The van der Waals surface area contributed by atoms with Crippen molar-refractivity contribution >= 4 is 11.8 Å². The monoisotopic (exact) mass is 281 g/mol. The highest BCUT2D eigenvalue weighted by atomic mass is 32.2. The van der Waals surface area contributed by atoms with Crippen LogP contribution >= 0.6 is 11.8 Å². The third kappa shape index (κ3) is 4.41. The Hall–Kier alpha value is -0.710. The Morgan fingerprint density at radius 1 is 1.42 bits per heavy atom. The van der Waals surface area contributed by atoms with Gasteiger partial charge in [0.25, 0.3) is 0 Å². The van der Waals surface area contributed by atoms with E-state index in [1.807, 2.05) is 23.9 Å². The molecule has 4 heteroatoms. The van der Waals surface area contributed by atoms with Gasteiger partial charge in [0.05, 0.1) is 7.11 Å². The summed E-state index contributed by atoms with van der Waals surface area (Å²) >= 11 is 2.02. The minimum atomic E-state index is 0.212. The molecule has 3 nitrogen and oxygen atoms in total. The number of benzene rings is 1. The third-order valence-electron chi connectivity index (χ3n) is 3.53. The molecule has 0 spiro atoms. The van der Waals surface area contributed by atoms with Crippen molar-refractivity contribution in [2.45, 2.75) is 31.3 Å². The van der Waals surface area contributed by atoms with Crippen LogP contribution < -0.4 is 10.1 Å². The molecule has 1 aliphatic rings. The Bertz CT molecular complexity index is 363. The highest BCUT2D eigenvalue weighted by molar-refractivity contribution is 7.99. The maximum atomic E-state index is 9.26. The molecule has 0 saturated carbocycles. The number of thioether (sulfide) groups is 1. The van der Waals surface area contributed by atoms with Crippen molar-refractivity contribution in [3.8, 4) is 5.75 Å². The van der Waals surface area contributed by atoms with Gasteiger partial charge in [-0.15, -0.1) is 0 Å². The SMILES string of the molecule is COc1ccc([C@H](CCO)N[C@@H]2CCCSC2)cc1. The zero-order chi connectivity index (χ0) is 13.5. The summed E-state index contributed by atoms with van der Waals surface area (Å²) in [6, 6.07) is 8.94. The number of nitrogens with one attached hydrogen (secondary N) is 1. The van der Waals surface area contributed by atoms with Crippen LogP contribution in [0.5, 0.6) is 5.75 Å². The molecular weight excluding hydrogens is 258 g/mol. The van der Waals surface area contributed by atoms with Gasteiger partial charge in [-0.1, -0.05) is 12.1 Å². The maximum Gasteiger partial charge on any atom is 0.118 e. The van der Waals surface area contributed by atoms with Crippen molar-refractivity contribution in [1.29, 1.82) is 0 Å². The molecule has 0 aliphatic carbocycles. The summed E-state index contributed by atoms with van der Waals surface area (Å²) in [7, 11) is 1.68. The summed E-state index contributed by atoms with van der Waals surface area (Å²) in [5.41, 5.74) is 1.23. The van der Waals surface area contributed by atoms with Gasteiger partial charge in [-0.25, -0.2) is 0 Å². The fraction of sp³-hybridized carbons (Fsp3) is 0.600. The van der Waals surface area contributed by atoms with Crippen LogP contribution in [0.2, 0.25) is 0 Å². The number of hydrogen-bond acceptors (Lipinski definition) is 4. The number of aliphatic hydroxyl groups excluding tert-OH is 1. The molecule has 0 bridgehead atoms. The van der Waals surface area contributed by atoms with Crippen LogP contribution in [0.3, 0.4) is 0 Å². The van der Waals surface area contributed by atoms with Crippen LogP contribution in [0, 0.1) is 0 Å². The van der Waals surface area contributed by atoms with Crippen LogP contribution in [-0.4, -0.2) is 36.4 Å². The second-order valence-electron chi connectivity index (χ2n) is 4.92. The number of rotatable bonds is 6. The number of methoxy groups -OCH3 is 1. The second kappa shape index (κ2) is 7.78. The van der Waals surface area contributed by atoms with Gasteiger partial charge in [0.2, 0.25) is 0 Å². The van der Waals surface area contributed by atoms with E-state index in [0.29, 0.717) is 6.04 Å². The van der Waals surface area contributed by atoms with Crippen molar-refractivity contribution in [2.24, 2.45) is 0 Å². The van der Waals surface area contributed by atoms with Gasteiger partial charge in [0.15, 0.2) is 0 Å². The molecule has 0 unspecified atom stereocenters. The molecule has 2 N–H and O–H groups in total. The first-order valence-corrected chi connectivity index (χ1v) is 8.07. The first kappa shape index (κ1) is 14.7. The average Bonchev–Trinajstić information content (AvgIpc) is 2.48. The quantitative estimate of drug-likeness (QED) is 0.841. The van der Waals surface area contributed by atoms with Crippen LogP contribution in [0.25, 0.3) is 0 Å². The average molecular weight is 281 g/mol. The highest BCUT2D eigenvalue weighted by Crippen LogP contribution is 2.24. The molecule has 0 aromatic heterocycles. The minimum absolute atomic E-state index is 0.212. The van der Waals surface area contributed by atoms with E-state index < -0.39 is 0 Å². The van der Waals surface area contributed by atoms with E-state index in [2.05, 4.69) is 17.4 Å². The van der Waals surface area contributed by atoms with E-state index in [9.17, 15) is 5.11 Å². The molecule has 19 heavy (non-hydrogen) atoms. The van der Waals surface area contributed by atoms with E-state index in [0.717, 1.165) is 12.2 Å². The van der Waals surface area contributed by atoms with Gasteiger partial charge < -0.3 is 15.2 Å². The molecule has 2 rings (SSSR count). The summed E-state index contributed by atoms with van der Waals surface area (Å²) in [6.07, 6.45) is 3.29. The molecule has 1 aromatic carbocycles. The van der Waals surface area contributed by atoms with E-state index in [-0.39, 0.29) is 12.6 Å². The van der Waals surface area contributed by atoms with Gasteiger partial charge in [0.1, 0.15) is 5.75 Å². The van der Waals surface area contributed by atoms with Crippen molar-refractivity contribution in [1.82, 2.24) is 5.32 Å². The first-order valence-electron chi connectivity index (χ1n) is 6.92. The summed E-state index contributed by atoms with van der Waals surface area (Å²) in [4.78, 5) is 0. The van der Waals surface area contributed by atoms with Gasteiger partial charge in [-0.05, 0) is 42.7 Å². The number of aliphatic hydroxyl groups is 1. The molecule has 1 fully saturated rings. The van der Waals surface area contributed by atoms with Crippen LogP contribution in [0.1, 0.15) is 30.9 Å². The first-order chi connectivity index (χ1) is 9.33. The summed E-state index contributed by atoms with van der Waals surface area (Å²) in [5.74, 6) is 3.34. The fourth-order valence-electron chi connectivity index (χ4n) is 2.47. The van der Waals surface area contributed by atoms with E-state index >= 15 is 0 Å². The second-order valence-corrected chi connectivity index (χ2v) is 6.07. The topological polar surface area (TPSA) is 41.5 Å². The lowest BCUT2D eigenvalue weighted by atomic mass is 10.0. The zero-order valence-electron chi connectivity index (χ0n) is 11.5. The Morgan fingerprint density at radius 2 is 2.21 bits per heavy atom. The lowest BCUT2D eigenvalue weighted by Crippen LogP contribution is -2.37. The Morgan fingerprint density at radius 3 is 2.79 bits per heavy atom. The number of ether oxygens (including phenoxy) is 1. The van der Waals surface area contributed by atoms with E-state index in [4.69, 9.17) is 4.74 Å². The van der Waals surface area contributed by atoms with E-state index in [1.165, 1.54) is 29.9 Å². The fourth-order valence-corrected chi connectivity index (χ4v) is 3.55. The zero-order valence-corrected chi connectivity index (χ0v) is 12.3. The van der Waals surface area contributed by atoms with E-state index in [1.54, 1.807) is 7.11 Å². The van der Waals surface area contributed by atoms with Crippen LogP contribution in [0.4, 0.5) is 0 Å². The molecule has 2 atom stereocenters. The Labute approximate surface area is 119 Å². The van der Waals surface area contributed by atoms with Crippen molar-refractivity contribution in [2.75, 3.05) is 25.2 Å². The lowest BCUT2D eigenvalue weighted by Gasteiger charge is -2.28. The highest BCUT2D eigenvalue weighted by Gasteiger charge is 2.19.